The van der Waals surface area contributed by atoms with Crippen LogP contribution in [0.1, 0.15) is 37.0 Å². The van der Waals surface area contributed by atoms with E-state index < -0.39 is 0 Å². The molecule has 3 aliphatic rings. The minimum Gasteiger partial charge on any atom is -0.425 e. The number of ether oxygens (including phenoxy) is 1. The van der Waals surface area contributed by atoms with Gasteiger partial charge in [-0.05, 0) is 63.0 Å². The average molecular weight is 384 g/mol. The number of carbonyl (C=O) groups is 2. The minimum absolute atomic E-state index is 0.0650. The zero-order valence-electron chi connectivity index (χ0n) is 16.0. The third-order valence-electron chi connectivity index (χ3n) is 5.58. The van der Waals surface area contributed by atoms with Gasteiger partial charge in [0.25, 0.3) is 5.91 Å². The molecule has 2 atom stereocenters. The molecule has 3 fully saturated rings. The van der Waals surface area contributed by atoms with Gasteiger partial charge in [0, 0.05) is 24.6 Å². The third kappa shape index (κ3) is 3.87. The number of benzene rings is 1. The van der Waals surface area contributed by atoms with Gasteiger partial charge < -0.3 is 14.5 Å². The van der Waals surface area contributed by atoms with Crippen molar-refractivity contribution < 1.29 is 18.7 Å². The molecule has 0 spiro atoms. The second kappa shape index (κ2) is 7.63. The Morgan fingerprint density at radius 1 is 1.21 bits per heavy atom. The van der Waals surface area contributed by atoms with Crippen LogP contribution in [0, 0.1) is 5.92 Å². The van der Waals surface area contributed by atoms with E-state index >= 15 is 0 Å². The van der Waals surface area contributed by atoms with Crippen molar-refractivity contribution in [2.45, 2.75) is 38.8 Å². The summed E-state index contributed by atoms with van der Waals surface area (Å²) >= 11 is 0. The number of piperidine rings is 3. The maximum absolute atomic E-state index is 12.7. The molecule has 28 heavy (non-hydrogen) atoms. The van der Waals surface area contributed by atoms with Crippen molar-refractivity contribution in [3.8, 4) is 11.7 Å². The first kappa shape index (κ1) is 18.5. The Hall–Kier alpha value is -2.87. The Labute approximate surface area is 163 Å². The molecule has 3 saturated heterocycles. The van der Waals surface area contributed by atoms with Gasteiger partial charge in [-0.3, -0.25) is 19.8 Å². The molecule has 1 aromatic heterocycles. The number of anilines is 1. The zero-order chi connectivity index (χ0) is 19.7. The lowest BCUT2D eigenvalue weighted by molar-refractivity contribution is -0.114. The molecule has 5 rings (SSSR count). The summed E-state index contributed by atoms with van der Waals surface area (Å²) in [6, 6.07) is 7.51. The molecule has 2 aromatic rings. The van der Waals surface area contributed by atoms with Crippen LogP contribution < -0.4 is 15.4 Å². The summed E-state index contributed by atoms with van der Waals surface area (Å²) < 4.78 is 10.8. The van der Waals surface area contributed by atoms with E-state index in [1.807, 2.05) is 0 Å². The van der Waals surface area contributed by atoms with Crippen LogP contribution in [0.3, 0.4) is 0 Å². The summed E-state index contributed by atoms with van der Waals surface area (Å²) in [5, 5.41) is 5.65. The van der Waals surface area contributed by atoms with Gasteiger partial charge in [-0.15, -0.1) is 0 Å². The minimum atomic E-state index is -0.277. The summed E-state index contributed by atoms with van der Waals surface area (Å²) in [7, 11) is 0. The van der Waals surface area contributed by atoms with Crippen molar-refractivity contribution in [3.63, 3.8) is 0 Å². The van der Waals surface area contributed by atoms with Crippen LogP contribution in [-0.2, 0) is 4.79 Å². The molecule has 2 amide bonds. The molecule has 3 aliphatic heterocycles. The van der Waals surface area contributed by atoms with E-state index in [-0.39, 0.29) is 29.8 Å². The lowest BCUT2D eigenvalue weighted by Gasteiger charge is -2.49. The Balaban J connectivity index is 1.37. The molecule has 8 heteroatoms. The van der Waals surface area contributed by atoms with E-state index in [0.29, 0.717) is 23.3 Å². The van der Waals surface area contributed by atoms with E-state index in [0.717, 1.165) is 25.9 Å². The summed E-state index contributed by atoms with van der Waals surface area (Å²) in [5.74, 6) is 0.891. The van der Waals surface area contributed by atoms with Gasteiger partial charge in [0.1, 0.15) is 11.9 Å². The first-order chi connectivity index (χ1) is 13.5. The number of nitrogens with one attached hydrogen (secondary N) is 2. The Morgan fingerprint density at radius 3 is 2.57 bits per heavy atom. The quantitative estimate of drug-likeness (QED) is 0.823. The summed E-state index contributed by atoms with van der Waals surface area (Å²) in [6.07, 6.45) is 3.68. The lowest BCUT2D eigenvalue weighted by atomic mass is 9.79. The first-order valence-electron chi connectivity index (χ1n) is 9.56. The fourth-order valence-electron chi connectivity index (χ4n) is 4.09. The topological polar surface area (TPSA) is 96.7 Å². The molecule has 148 valence electrons. The second-order valence-corrected chi connectivity index (χ2v) is 7.41. The molecule has 1 aromatic carbocycles. The smallest absolute Gasteiger partial charge is 0.312 e. The Kier molecular flexibility index (Phi) is 5.04. The van der Waals surface area contributed by atoms with Gasteiger partial charge in [0.15, 0.2) is 0 Å². The second-order valence-electron chi connectivity index (χ2n) is 7.41. The van der Waals surface area contributed by atoms with Gasteiger partial charge in [-0.1, -0.05) is 0 Å². The predicted octanol–water partition coefficient (Wildman–Crippen LogP) is 2.64. The van der Waals surface area contributed by atoms with Crippen LogP contribution in [0.25, 0.3) is 0 Å². The molecular weight excluding hydrogens is 360 g/mol. The monoisotopic (exact) mass is 384 g/mol. The Morgan fingerprint density at radius 2 is 1.93 bits per heavy atom. The van der Waals surface area contributed by atoms with Crippen LogP contribution in [0.15, 0.2) is 34.9 Å². The van der Waals surface area contributed by atoms with Crippen molar-refractivity contribution >= 4 is 17.8 Å². The number of amides is 2. The summed E-state index contributed by atoms with van der Waals surface area (Å²) in [5.41, 5.74) is 0.590. The van der Waals surface area contributed by atoms with Gasteiger partial charge in [0.05, 0.1) is 0 Å². The third-order valence-corrected chi connectivity index (χ3v) is 5.58. The first-order valence-corrected chi connectivity index (χ1v) is 9.56. The van der Waals surface area contributed by atoms with Crippen molar-refractivity contribution in [2.24, 2.45) is 5.92 Å². The number of carbonyl (C=O) groups excluding carboxylic acids is 2. The lowest BCUT2D eigenvalue weighted by Crippen LogP contribution is -2.62. The van der Waals surface area contributed by atoms with Crippen LogP contribution in [-0.4, -0.2) is 46.9 Å². The van der Waals surface area contributed by atoms with Gasteiger partial charge in [0.2, 0.25) is 5.91 Å². The maximum atomic E-state index is 12.7. The molecule has 0 radical (unpaired) electrons. The molecule has 2 N–H and O–H groups in total. The maximum Gasteiger partial charge on any atom is 0.312 e. The fraction of sp³-hybridized carbons (Fsp3) is 0.450. The molecule has 4 heterocycles. The average Bonchev–Trinajstić information content (AvgIpc) is 3.11. The highest BCUT2D eigenvalue weighted by Gasteiger charge is 2.40. The number of oxazole rings is 1. The highest BCUT2D eigenvalue weighted by atomic mass is 16.6. The number of rotatable bonds is 5. The highest BCUT2D eigenvalue weighted by Crippen LogP contribution is 2.32. The molecule has 2 bridgehead atoms. The fourth-order valence-corrected chi connectivity index (χ4v) is 4.09. The largest absolute Gasteiger partial charge is 0.425 e. The van der Waals surface area contributed by atoms with Crippen LogP contribution in [0.5, 0.6) is 11.7 Å². The van der Waals surface area contributed by atoms with Gasteiger partial charge in [-0.2, -0.15) is 4.98 Å². The van der Waals surface area contributed by atoms with Gasteiger partial charge in [-0.25, -0.2) is 0 Å². The summed E-state index contributed by atoms with van der Waals surface area (Å²) in [4.78, 5) is 30.0. The summed E-state index contributed by atoms with van der Waals surface area (Å²) in [6.45, 7) is 5.83. The molecule has 8 nitrogen and oxygen atoms in total. The van der Waals surface area contributed by atoms with E-state index in [4.69, 9.17) is 9.15 Å². The van der Waals surface area contributed by atoms with Crippen LogP contribution in [0.2, 0.25) is 0 Å². The molecule has 0 aliphatic carbocycles. The van der Waals surface area contributed by atoms with E-state index in [9.17, 15) is 9.59 Å². The van der Waals surface area contributed by atoms with Crippen molar-refractivity contribution in [3.05, 3.63) is 36.0 Å². The predicted molar refractivity (Wildman–Crippen MR) is 102 cm³/mol. The van der Waals surface area contributed by atoms with Crippen molar-refractivity contribution in [1.82, 2.24) is 15.2 Å². The van der Waals surface area contributed by atoms with E-state index in [2.05, 4.69) is 27.4 Å². The highest BCUT2D eigenvalue weighted by molar-refractivity contribution is 5.94. The van der Waals surface area contributed by atoms with Gasteiger partial charge >= 0.3 is 12.0 Å². The van der Waals surface area contributed by atoms with Crippen LogP contribution in [0.4, 0.5) is 6.01 Å². The Bertz CT molecular complexity index is 853. The molecular formula is C20H24N4O4. The zero-order valence-corrected chi connectivity index (χ0v) is 16.0. The molecule has 0 unspecified atom stereocenters. The number of nitrogens with zero attached hydrogens (tertiary/aromatic N) is 2. The number of hydrogen-bond acceptors (Lipinski definition) is 6. The molecule has 0 saturated carbocycles. The number of fused-ring (bicyclic) bond motifs is 3. The standard InChI is InChI=1S/C20H24N4O4/c1-12-18(14-7-9-24(12)10-8-14)23-19(26)15-3-5-16(6-4-15)27-17-11-21-20(28-17)22-13(2)25/h3-6,11-12,14,18H,7-10H2,1-2H3,(H,23,26)(H,21,22,25)/t12-,18+/m1/s1. The van der Waals surface area contributed by atoms with E-state index in [1.54, 1.807) is 24.3 Å². The van der Waals surface area contributed by atoms with Crippen molar-refractivity contribution in [2.75, 3.05) is 18.4 Å². The normalized spacial score (nSPS) is 25.9. The number of aromatic nitrogens is 1. The van der Waals surface area contributed by atoms with Crippen molar-refractivity contribution in [1.29, 1.82) is 0 Å². The van der Waals surface area contributed by atoms with E-state index in [1.165, 1.54) is 13.1 Å². The van der Waals surface area contributed by atoms with Crippen LogP contribution >= 0.6 is 0 Å². The SMILES string of the molecule is CC(=O)Nc1ncc(Oc2ccc(C(=O)N[C@@H]3C4CCN(CC4)[C@@H]3C)cc2)o1. The number of hydrogen-bond donors (Lipinski definition) is 2.